The van der Waals surface area contributed by atoms with Crippen molar-refractivity contribution in [1.29, 1.82) is 0 Å². The van der Waals surface area contributed by atoms with Crippen LogP contribution in [0.1, 0.15) is 92.4 Å². The monoisotopic (exact) mass is 578 g/mol. The number of aliphatic hydroxyl groups excluding tert-OH is 4. The fraction of sp³-hybridized carbons (Fsp3) is 1.00. The van der Waals surface area contributed by atoms with Crippen LogP contribution in [0.4, 0.5) is 0 Å². The van der Waals surface area contributed by atoms with E-state index in [0.29, 0.717) is 41.9 Å². The summed E-state index contributed by atoms with van der Waals surface area (Å²) >= 11 is 0. The first-order valence-corrected chi connectivity index (χ1v) is 16.7. The lowest BCUT2D eigenvalue weighted by Gasteiger charge is -2.63. The van der Waals surface area contributed by atoms with Gasteiger partial charge in [0.15, 0.2) is 12.1 Å². The third-order valence-corrected chi connectivity index (χ3v) is 14.0. The topological polar surface area (TPSA) is 118 Å². The third kappa shape index (κ3) is 4.28. The van der Waals surface area contributed by atoms with Gasteiger partial charge in [-0.15, -0.1) is 0 Å². The van der Waals surface area contributed by atoms with Crippen LogP contribution in [0.5, 0.6) is 0 Å². The van der Waals surface area contributed by atoms with E-state index in [0.717, 1.165) is 38.7 Å². The Balaban J connectivity index is 1.17. The molecule has 234 valence electrons. The molecule has 0 radical (unpaired) electrons. The van der Waals surface area contributed by atoms with Crippen molar-refractivity contribution in [3.8, 4) is 0 Å². The van der Waals surface area contributed by atoms with E-state index in [1.807, 2.05) is 0 Å². The summed E-state index contributed by atoms with van der Waals surface area (Å²) in [6, 6.07) is 0. The maximum absolute atomic E-state index is 10.8. The Hall–Kier alpha value is -0.320. The van der Waals surface area contributed by atoms with Gasteiger partial charge in [0, 0.05) is 12.3 Å². The molecule has 7 rings (SSSR count). The number of aliphatic hydroxyl groups is 4. The van der Waals surface area contributed by atoms with Crippen LogP contribution in [0, 0.1) is 52.3 Å². The van der Waals surface area contributed by atoms with Crippen LogP contribution in [-0.4, -0.2) is 81.8 Å². The highest BCUT2D eigenvalue weighted by Gasteiger charge is 2.70. The second kappa shape index (κ2) is 10.1. The molecule has 8 nitrogen and oxygen atoms in total. The van der Waals surface area contributed by atoms with E-state index >= 15 is 0 Å². The van der Waals surface area contributed by atoms with Crippen LogP contribution < -0.4 is 0 Å². The average Bonchev–Trinajstić information content (AvgIpc) is 3.38. The molecule has 0 unspecified atom stereocenters. The summed E-state index contributed by atoms with van der Waals surface area (Å²) in [5.41, 5.74) is 0.213. The highest BCUT2D eigenvalue weighted by molar-refractivity contribution is 5.16. The van der Waals surface area contributed by atoms with Gasteiger partial charge in [-0.05, 0) is 105 Å². The molecule has 3 heterocycles. The molecular formula is C33H54O8. The molecule has 0 aromatic heterocycles. The molecule has 7 aliphatic rings. The number of hydrogen-bond donors (Lipinski definition) is 4. The highest BCUT2D eigenvalue weighted by atomic mass is 16.7. The Morgan fingerprint density at radius 1 is 0.756 bits per heavy atom. The van der Waals surface area contributed by atoms with Gasteiger partial charge in [-0.25, -0.2) is 0 Å². The Morgan fingerprint density at radius 3 is 2.24 bits per heavy atom. The van der Waals surface area contributed by atoms with Gasteiger partial charge in [-0.1, -0.05) is 27.7 Å². The minimum Gasteiger partial charge on any atom is -0.393 e. The quantitative estimate of drug-likeness (QED) is 0.367. The molecule has 4 N–H and O–H groups in total. The van der Waals surface area contributed by atoms with Gasteiger partial charge >= 0.3 is 0 Å². The van der Waals surface area contributed by atoms with E-state index in [9.17, 15) is 20.4 Å². The zero-order valence-electron chi connectivity index (χ0n) is 25.7. The Labute approximate surface area is 245 Å². The molecule has 0 amide bonds. The molecule has 0 aromatic rings. The Bertz CT molecular complexity index is 984. The van der Waals surface area contributed by atoms with E-state index in [4.69, 9.17) is 18.9 Å². The summed E-state index contributed by atoms with van der Waals surface area (Å²) in [5, 5.41) is 42.4. The molecular weight excluding hydrogens is 524 g/mol. The summed E-state index contributed by atoms with van der Waals surface area (Å²) in [5.74, 6) is 2.75. The molecule has 4 aliphatic carbocycles. The van der Waals surface area contributed by atoms with E-state index in [2.05, 4.69) is 27.7 Å². The zero-order valence-corrected chi connectivity index (χ0v) is 25.7. The first-order valence-electron chi connectivity index (χ1n) is 16.7. The van der Waals surface area contributed by atoms with Crippen molar-refractivity contribution >= 4 is 0 Å². The van der Waals surface area contributed by atoms with Crippen molar-refractivity contribution in [3.05, 3.63) is 0 Å². The third-order valence-electron chi connectivity index (χ3n) is 14.0. The Morgan fingerprint density at radius 2 is 1.51 bits per heavy atom. The van der Waals surface area contributed by atoms with E-state index in [1.165, 1.54) is 19.3 Å². The summed E-state index contributed by atoms with van der Waals surface area (Å²) in [7, 11) is 0. The average molecular weight is 579 g/mol. The lowest BCUT2D eigenvalue weighted by Crippen LogP contribution is -2.62. The van der Waals surface area contributed by atoms with Crippen LogP contribution >= 0.6 is 0 Å². The van der Waals surface area contributed by atoms with Gasteiger partial charge in [0.2, 0.25) is 0 Å². The van der Waals surface area contributed by atoms with E-state index in [1.54, 1.807) is 6.92 Å². The second-order valence-corrected chi connectivity index (χ2v) is 16.0. The summed E-state index contributed by atoms with van der Waals surface area (Å²) in [4.78, 5) is 0. The van der Waals surface area contributed by atoms with Gasteiger partial charge in [-0.3, -0.25) is 0 Å². The molecule has 4 saturated carbocycles. The van der Waals surface area contributed by atoms with Crippen molar-refractivity contribution in [1.82, 2.24) is 0 Å². The summed E-state index contributed by atoms with van der Waals surface area (Å²) in [6.07, 6.45) is 3.25. The summed E-state index contributed by atoms with van der Waals surface area (Å²) in [6.45, 7) is 12.1. The predicted octanol–water partition coefficient (Wildman–Crippen LogP) is 3.62. The standard InChI is InChI=1S/C33H54O8/c1-16-6-11-33(38-15-16)17(2)26-25(41-33)14-22-20-13-24(40-30-29(37)28(36)27(35)18(3)39-30)23-12-19(34)7-9-31(23,4)21(20)8-10-32(22,26)5/h16-30,34-37H,6-15H2,1-5H3/t16-,17+,18-,19+,20-,21+,22+,23-,24+,25+,26+,27-,28+,29-,30+,31-,32+,33-/m1/s1. The first kappa shape index (κ1) is 29.4. The second-order valence-electron chi connectivity index (χ2n) is 16.0. The van der Waals surface area contributed by atoms with Gasteiger partial charge in [0.25, 0.3) is 0 Å². The minimum absolute atomic E-state index is 0.0333. The molecule has 3 aliphatic heterocycles. The Kier molecular flexibility index (Phi) is 7.24. The molecule has 1 spiro atoms. The van der Waals surface area contributed by atoms with Crippen molar-refractivity contribution in [2.45, 2.75) is 147 Å². The normalized spacial score (nSPS) is 62.1. The lowest BCUT2D eigenvalue weighted by atomic mass is 9.43. The van der Waals surface area contributed by atoms with Crippen LogP contribution in [0.2, 0.25) is 0 Å². The highest BCUT2D eigenvalue weighted by Crippen LogP contribution is 2.71. The largest absolute Gasteiger partial charge is 0.393 e. The number of ether oxygens (including phenoxy) is 4. The number of rotatable bonds is 2. The molecule has 0 aromatic carbocycles. The smallest absolute Gasteiger partial charge is 0.186 e. The van der Waals surface area contributed by atoms with Gasteiger partial charge < -0.3 is 39.4 Å². The van der Waals surface area contributed by atoms with E-state index < -0.39 is 36.5 Å². The molecule has 18 atom stereocenters. The molecule has 7 fully saturated rings. The predicted molar refractivity (Wildman–Crippen MR) is 150 cm³/mol. The summed E-state index contributed by atoms with van der Waals surface area (Å²) < 4.78 is 26.1. The minimum atomic E-state index is -1.31. The number of fused-ring (bicyclic) bond motifs is 7. The van der Waals surface area contributed by atoms with Gasteiger partial charge in [0.05, 0.1) is 31.0 Å². The van der Waals surface area contributed by atoms with E-state index in [-0.39, 0.29) is 35.1 Å². The zero-order chi connectivity index (χ0) is 29.1. The van der Waals surface area contributed by atoms with Crippen LogP contribution in [-0.2, 0) is 18.9 Å². The van der Waals surface area contributed by atoms with Crippen LogP contribution in [0.3, 0.4) is 0 Å². The van der Waals surface area contributed by atoms with Crippen LogP contribution in [0.25, 0.3) is 0 Å². The molecule has 41 heavy (non-hydrogen) atoms. The number of hydrogen-bond acceptors (Lipinski definition) is 8. The maximum Gasteiger partial charge on any atom is 0.186 e. The maximum atomic E-state index is 10.8. The molecule has 0 bridgehead atoms. The molecule has 3 saturated heterocycles. The first-order chi connectivity index (χ1) is 19.4. The SMILES string of the molecule is C[C@@H]1CC[C@@]2(OC1)O[C@H]1C[C@H]3[C@@H]4C[C@H](O[C@@H]5O[C@H](C)[C@@H](O)[C@H](O)[C@H]5O)[C@H]5C[C@@H](O)CC[C@]5(C)[C@H]4CC[C@]3(C)[C@H]1[C@@H]2C. The van der Waals surface area contributed by atoms with Gasteiger partial charge in [-0.2, -0.15) is 0 Å². The van der Waals surface area contributed by atoms with Gasteiger partial charge in [0.1, 0.15) is 18.3 Å². The lowest BCUT2D eigenvalue weighted by molar-refractivity contribution is -0.322. The van der Waals surface area contributed by atoms with Crippen molar-refractivity contribution in [3.63, 3.8) is 0 Å². The fourth-order valence-electron chi connectivity index (χ4n) is 11.7. The molecule has 8 heteroatoms. The fourth-order valence-corrected chi connectivity index (χ4v) is 11.7. The van der Waals surface area contributed by atoms with Crippen molar-refractivity contribution in [2.75, 3.05) is 6.61 Å². The van der Waals surface area contributed by atoms with Crippen molar-refractivity contribution in [2.24, 2.45) is 52.3 Å². The van der Waals surface area contributed by atoms with Crippen LogP contribution in [0.15, 0.2) is 0 Å². The van der Waals surface area contributed by atoms with Crippen molar-refractivity contribution < 1.29 is 39.4 Å².